The lowest BCUT2D eigenvalue weighted by molar-refractivity contribution is -0.155. The molecule has 0 saturated carbocycles. The first-order valence-electron chi connectivity index (χ1n) is 13.7. The maximum Gasteiger partial charge on any atom is 0.514 e. The van der Waals surface area contributed by atoms with Crippen LogP contribution in [-0.2, 0) is 34.9 Å². The molecule has 0 aromatic heterocycles. The van der Waals surface area contributed by atoms with Crippen LogP contribution in [0, 0.1) is 0 Å². The summed E-state index contributed by atoms with van der Waals surface area (Å²) in [5.41, 5.74) is 4.98. The van der Waals surface area contributed by atoms with E-state index < -0.39 is 53.9 Å². The van der Waals surface area contributed by atoms with Crippen LogP contribution < -0.4 is 15.2 Å². The third kappa shape index (κ3) is 13.1. The zero-order valence-electron chi connectivity index (χ0n) is 25.7. The van der Waals surface area contributed by atoms with Crippen molar-refractivity contribution in [3.63, 3.8) is 0 Å². The molecule has 0 unspecified atom stereocenters. The highest BCUT2D eigenvalue weighted by Crippen LogP contribution is 2.31. The zero-order valence-corrected chi connectivity index (χ0v) is 25.7. The fourth-order valence-electron chi connectivity index (χ4n) is 2.83. The second-order valence-corrected chi connectivity index (χ2v) is 11.1. The summed E-state index contributed by atoms with van der Waals surface area (Å²) in [5, 5.41) is 0. The number of ether oxygens (including phenoxy) is 7. The standard InChI is InChI=1S/C29H45NO11/c1-11-28(7,8)40-26(33)38-22-14-13-20(16-23(22)39-27(34)41-29(9,10)12-2)15-21(30)24(31)36-18(5)19(6)37-25(32)35-17(3)4/h13-14,16-19,21H,11-12,15,30H2,1-10H3/t18-,19-,21-/m0/s1. The van der Waals surface area contributed by atoms with E-state index in [0.29, 0.717) is 18.4 Å². The van der Waals surface area contributed by atoms with E-state index in [1.807, 2.05) is 13.8 Å². The molecule has 2 N–H and O–H groups in total. The van der Waals surface area contributed by atoms with Crippen molar-refractivity contribution in [1.82, 2.24) is 0 Å². The van der Waals surface area contributed by atoms with Crippen molar-refractivity contribution < 1.29 is 52.3 Å². The smallest absolute Gasteiger partial charge is 0.458 e. The van der Waals surface area contributed by atoms with Crippen LogP contribution in [0.3, 0.4) is 0 Å². The molecule has 0 aliphatic heterocycles. The predicted molar refractivity (Wildman–Crippen MR) is 149 cm³/mol. The first-order chi connectivity index (χ1) is 18.9. The molecule has 12 nitrogen and oxygen atoms in total. The molecular formula is C29H45NO11. The van der Waals surface area contributed by atoms with Crippen molar-refractivity contribution in [3.05, 3.63) is 23.8 Å². The molecule has 1 rings (SSSR count). The monoisotopic (exact) mass is 583 g/mol. The lowest BCUT2D eigenvalue weighted by Crippen LogP contribution is -2.39. The quantitative estimate of drug-likeness (QED) is 0.168. The van der Waals surface area contributed by atoms with Crippen molar-refractivity contribution in [2.45, 2.75) is 124 Å². The van der Waals surface area contributed by atoms with E-state index in [1.54, 1.807) is 61.5 Å². The van der Waals surface area contributed by atoms with Crippen molar-refractivity contribution in [3.8, 4) is 11.5 Å². The SMILES string of the molecule is CCC(C)(C)OC(=O)Oc1ccc(C[C@H](N)C(=O)O[C@@H](C)[C@H](C)OC(=O)OC(C)C)cc1OC(=O)OC(C)(C)CC. The van der Waals surface area contributed by atoms with E-state index in [2.05, 4.69) is 0 Å². The van der Waals surface area contributed by atoms with Gasteiger partial charge < -0.3 is 38.9 Å². The minimum atomic E-state index is -1.12. The van der Waals surface area contributed by atoms with Crippen LogP contribution in [0.1, 0.15) is 87.6 Å². The van der Waals surface area contributed by atoms with Gasteiger partial charge in [0.05, 0.1) is 6.10 Å². The Kier molecular flexibility index (Phi) is 13.4. The summed E-state index contributed by atoms with van der Waals surface area (Å²) in [6, 6.07) is 3.22. The van der Waals surface area contributed by atoms with Gasteiger partial charge in [0.25, 0.3) is 0 Å². The third-order valence-corrected chi connectivity index (χ3v) is 6.15. The van der Waals surface area contributed by atoms with E-state index in [9.17, 15) is 19.2 Å². The second-order valence-electron chi connectivity index (χ2n) is 11.1. The molecule has 0 aliphatic carbocycles. The average Bonchev–Trinajstić information content (AvgIpc) is 2.84. The Bertz CT molecular complexity index is 1050. The molecule has 1 aromatic carbocycles. The van der Waals surface area contributed by atoms with E-state index >= 15 is 0 Å². The molecule has 232 valence electrons. The van der Waals surface area contributed by atoms with Gasteiger partial charge in [0, 0.05) is 0 Å². The van der Waals surface area contributed by atoms with Gasteiger partial charge in [0.1, 0.15) is 29.5 Å². The van der Waals surface area contributed by atoms with Crippen LogP contribution in [0.5, 0.6) is 11.5 Å². The average molecular weight is 584 g/mol. The molecule has 1 aromatic rings. The molecule has 0 spiro atoms. The van der Waals surface area contributed by atoms with Gasteiger partial charge >= 0.3 is 24.4 Å². The number of nitrogens with two attached hydrogens (primary N) is 1. The molecule has 12 heteroatoms. The number of carbonyl (C=O) groups excluding carboxylic acids is 4. The Morgan fingerprint density at radius 1 is 0.732 bits per heavy atom. The summed E-state index contributed by atoms with van der Waals surface area (Å²) in [5.74, 6) is -0.978. The van der Waals surface area contributed by atoms with E-state index in [1.165, 1.54) is 12.1 Å². The molecule has 0 radical (unpaired) electrons. The van der Waals surface area contributed by atoms with Gasteiger partial charge in [-0.1, -0.05) is 19.9 Å². The van der Waals surface area contributed by atoms with Crippen molar-refractivity contribution in [2.75, 3.05) is 0 Å². The lowest BCUT2D eigenvalue weighted by Gasteiger charge is -2.24. The maximum absolute atomic E-state index is 12.6. The predicted octanol–water partition coefficient (Wildman–Crippen LogP) is 5.85. The van der Waals surface area contributed by atoms with Crippen LogP contribution in [0.15, 0.2) is 18.2 Å². The molecule has 3 atom stereocenters. The van der Waals surface area contributed by atoms with Crippen LogP contribution in [0.2, 0.25) is 0 Å². The third-order valence-electron chi connectivity index (χ3n) is 6.15. The highest BCUT2D eigenvalue weighted by molar-refractivity contribution is 5.76. The number of esters is 1. The van der Waals surface area contributed by atoms with Gasteiger partial charge in [0.2, 0.25) is 0 Å². The molecule has 0 heterocycles. The maximum atomic E-state index is 12.6. The van der Waals surface area contributed by atoms with Gasteiger partial charge in [-0.3, -0.25) is 4.79 Å². The fraction of sp³-hybridized carbons (Fsp3) is 0.655. The highest BCUT2D eigenvalue weighted by atomic mass is 16.8. The van der Waals surface area contributed by atoms with E-state index in [4.69, 9.17) is 38.9 Å². The summed E-state index contributed by atoms with van der Waals surface area (Å²) in [6.07, 6.45) is -3.77. The lowest BCUT2D eigenvalue weighted by atomic mass is 10.1. The van der Waals surface area contributed by atoms with Gasteiger partial charge in [0.15, 0.2) is 11.5 Å². The minimum Gasteiger partial charge on any atom is -0.458 e. The van der Waals surface area contributed by atoms with Crippen LogP contribution in [0.4, 0.5) is 14.4 Å². The summed E-state index contributed by atoms with van der Waals surface area (Å²) in [7, 11) is 0. The molecule has 41 heavy (non-hydrogen) atoms. The number of rotatable bonds is 13. The summed E-state index contributed by atoms with van der Waals surface area (Å²) < 4.78 is 36.7. The van der Waals surface area contributed by atoms with E-state index in [0.717, 1.165) is 0 Å². The van der Waals surface area contributed by atoms with Gasteiger partial charge in [-0.05, 0) is 92.3 Å². The number of carbonyl (C=O) groups is 4. The summed E-state index contributed by atoms with van der Waals surface area (Å²) in [6.45, 7) is 17.1. The van der Waals surface area contributed by atoms with Gasteiger partial charge in [-0.2, -0.15) is 0 Å². The van der Waals surface area contributed by atoms with Crippen LogP contribution in [0.25, 0.3) is 0 Å². The van der Waals surface area contributed by atoms with Gasteiger partial charge in [-0.25, -0.2) is 14.4 Å². The van der Waals surface area contributed by atoms with Crippen molar-refractivity contribution in [1.29, 1.82) is 0 Å². The first-order valence-corrected chi connectivity index (χ1v) is 13.7. The number of hydrogen-bond acceptors (Lipinski definition) is 12. The second kappa shape index (κ2) is 15.5. The highest BCUT2D eigenvalue weighted by Gasteiger charge is 2.28. The van der Waals surface area contributed by atoms with Crippen LogP contribution >= 0.6 is 0 Å². The Hall–Kier alpha value is -3.54. The Morgan fingerprint density at radius 2 is 1.22 bits per heavy atom. The number of hydrogen-bond donors (Lipinski definition) is 1. The van der Waals surface area contributed by atoms with E-state index in [-0.39, 0.29) is 24.0 Å². The largest absolute Gasteiger partial charge is 0.514 e. The number of benzene rings is 1. The summed E-state index contributed by atoms with van der Waals surface area (Å²) >= 11 is 0. The normalized spacial score (nSPS) is 13.9. The fourth-order valence-corrected chi connectivity index (χ4v) is 2.83. The van der Waals surface area contributed by atoms with Crippen LogP contribution in [-0.4, -0.2) is 60.0 Å². The first kappa shape index (κ1) is 35.5. The Labute approximate surface area is 242 Å². The molecule has 0 amide bonds. The Balaban J connectivity index is 3.03. The van der Waals surface area contributed by atoms with Crippen molar-refractivity contribution >= 4 is 24.4 Å². The molecule has 0 bridgehead atoms. The molecular weight excluding hydrogens is 538 g/mol. The molecule has 0 aliphatic rings. The molecule has 0 fully saturated rings. The minimum absolute atomic E-state index is 0.0182. The zero-order chi connectivity index (χ0) is 31.5. The summed E-state index contributed by atoms with van der Waals surface area (Å²) in [4.78, 5) is 49.3. The van der Waals surface area contributed by atoms with Gasteiger partial charge in [-0.15, -0.1) is 0 Å². The van der Waals surface area contributed by atoms with Crippen molar-refractivity contribution in [2.24, 2.45) is 5.73 Å². The Morgan fingerprint density at radius 3 is 1.71 bits per heavy atom. The molecule has 0 saturated heterocycles. The topological polar surface area (TPSA) is 159 Å².